The van der Waals surface area contributed by atoms with Gasteiger partial charge in [0.05, 0.1) is 0 Å². The van der Waals surface area contributed by atoms with Crippen LogP contribution < -0.4 is 4.90 Å². The molecule has 1 atom stereocenters. The number of piperidine rings is 1. The average molecular weight is 258 g/mol. The fourth-order valence-electron chi connectivity index (χ4n) is 2.06. The normalized spacial score (nSPS) is 21.2. The third-order valence-corrected chi connectivity index (χ3v) is 3.68. The lowest BCUT2D eigenvalue weighted by Crippen LogP contribution is -2.38. The molecule has 0 N–H and O–H groups in total. The molecule has 5 heteroatoms. The molecule has 2 heterocycles. The molecule has 1 aliphatic rings. The predicted octanol–water partition coefficient (Wildman–Crippen LogP) is 3.23. The summed E-state index contributed by atoms with van der Waals surface area (Å²) in [5.74, 6) is 0.969. The summed E-state index contributed by atoms with van der Waals surface area (Å²) >= 11 is 7.53. The summed E-state index contributed by atoms with van der Waals surface area (Å²) in [6, 6.07) is 2.41. The summed E-state index contributed by atoms with van der Waals surface area (Å²) in [4.78, 5) is 11.0. The molecule has 88 valence electrons. The summed E-state index contributed by atoms with van der Waals surface area (Å²) in [7, 11) is 0. The van der Waals surface area contributed by atoms with Crippen LogP contribution >= 0.6 is 23.4 Å². The Labute approximate surface area is 106 Å². The lowest BCUT2D eigenvalue weighted by molar-refractivity contribution is 0.480. The predicted molar refractivity (Wildman–Crippen MR) is 69.5 cm³/mol. The average Bonchev–Trinajstić information content (AvgIpc) is 2.28. The monoisotopic (exact) mass is 257 g/mol. The van der Waals surface area contributed by atoms with Crippen LogP contribution in [0.4, 0.5) is 5.82 Å². The largest absolute Gasteiger partial charge is 0.354 e. The van der Waals surface area contributed by atoms with Gasteiger partial charge in [-0.1, -0.05) is 23.4 Å². The van der Waals surface area contributed by atoms with Gasteiger partial charge in [-0.15, -0.1) is 0 Å². The van der Waals surface area contributed by atoms with E-state index in [0.29, 0.717) is 11.2 Å². The first-order chi connectivity index (χ1) is 7.70. The van der Waals surface area contributed by atoms with E-state index in [-0.39, 0.29) is 0 Å². The van der Waals surface area contributed by atoms with Crippen LogP contribution in [-0.2, 0) is 0 Å². The first-order valence-corrected chi connectivity index (χ1v) is 7.16. The number of nitrogens with zero attached hydrogens (tertiary/aromatic N) is 3. The highest BCUT2D eigenvalue weighted by Crippen LogP contribution is 2.26. The van der Waals surface area contributed by atoms with Crippen LogP contribution in [0.5, 0.6) is 0 Å². The summed E-state index contributed by atoms with van der Waals surface area (Å²) < 4.78 is 0. The number of rotatable bonds is 2. The Morgan fingerprint density at radius 2 is 2.25 bits per heavy atom. The van der Waals surface area contributed by atoms with Crippen molar-refractivity contribution < 1.29 is 0 Å². The van der Waals surface area contributed by atoms with Crippen molar-refractivity contribution in [2.45, 2.75) is 37.4 Å². The number of hydrogen-bond donors (Lipinski definition) is 0. The Bertz CT molecular complexity index is 372. The van der Waals surface area contributed by atoms with Gasteiger partial charge in [0.15, 0.2) is 5.16 Å². The molecule has 0 radical (unpaired) electrons. The quantitative estimate of drug-likeness (QED) is 0.462. The zero-order chi connectivity index (χ0) is 11.5. The van der Waals surface area contributed by atoms with Gasteiger partial charge in [-0.25, -0.2) is 9.97 Å². The fourth-order valence-corrected chi connectivity index (χ4v) is 2.66. The van der Waals surface area contributed by atoms with Gasteiger partial charge in [0, 0.05) is 18.7 Å². The van der Waals surface area contributed by atoms with Crippen LogP contribution in [0, 0.1) is 0 Å². The van der Waals surface area contributed by atoms with Crippen molar-refractivity contribution in [1.82, 2.24) is 9.97 Å². The minimum atomic E-state index is 0.534. The lowest BCUT2D eigenvalue weighted by Gasteiger charge is -2.34. The van der Waals surface area contributed by atoms with Gasteiger partial charge >= 0.3 is 0 Å². The second kappa shape index (κ2) is 5.23. The van der Waals surface area contributed by atoms with Crippen LogP contribution in [0.25, 0.3) is 0 Å². The van der Waals surface area contributed by atoms with Gasteiger partial charge in [0.25, 0.3) is 0 Å². The molecule has 0 aliphatic carbocycles. The molecule has 0 spiro atoms. The van der Waals surface area contributed by atoms with E-state index in [9.17, 15) is 0 Å². The molecule has 1 unspecified atom stereocenters. The molecule has 1 aromatic heterocycles. The fraction of sp³-hybridized carbons (Fsp3) is 0.636. The maximum Gasteiger partial charge on any atom is 0.190 e. The SMILES string of the molecule is CSc1nc(Cl)cc(N2CCCCC2C)n1. The van der Waals surface area contributed by atoms with Crippen molar-refractivity contribution in [2.24, 2.45) is 0 Å². The van der Waals surface area contributed by atoms with Crippen LogP contribution in [0.3, 0.4) is 0 Å². The van der Waals surface area contributed by atoms with E-state index in [0.717, 1.165) is 17.5 Å². The highest BCUT2D eigenvalue weighted by Gasteiger charge is 2.20. The van der Waals surface area contributed by atoms with E-state index < -0.39 is 0 Å². The number of thioether (sulfide) groups is 1. The van der Waals surface area contributed by atoms with E-state index in [1.807, 2.05) is 12.3 Å². The third-order valence-electron chi connectivity index (χ3n) is 2.94. The molecule has 0 saturated carbocycles. The molecule has 1 aromatic rings. The zero-order valence-electron chi connectivity index (χ0n) is 9.61. The number of aromatic nitrogens is 2. The Kier molecular flexibility index (Phi) is 3.92. The zero-order valence-corrected chi connectivity index (χ0v) is 11.2. The summed E-state index contributed by atoms with van der Waals surface area (Å²) in [6.07, 6.45) is 5.75. The molecular weight excluding hydrogens is 242 g/mol. The molecule has 1 aliphatic heterocycles. The Morgan fingerprint density at radius 1 is 1.44 bits per heavy atom. The van der Waals surface area contributed by atoms with E-state index in [1.54, 1.807) is 0 Å². The van der Waals surface area contributed by atoms with Crippen LogP contribution in [-0.4, -0.2) is 28.8 Å². The smallest absolute Gasteiger partial charge is 0.190 e. The number of anilines is 1. The summed E-state index contributed by atoms with van der Waals surface area (Å²) in [6.45, 7) is 3.32. The topological polar surface area (TPSA) is 29.0 Å². The number of halogens is 1. The van der Waals surface area contributed by atoms with Gasteiger partial charge in [-0.2, -0.15) is 0 Å². The minimum Gasteiger partial charge on any atom is -0.354 e. The molecule has 2 rings (SSSR count). The van der Waals surface area contributed by atoms with Crippen molar-refractivity contribution in [3.63, 3.8) is 0 Å². The molecule has 0 aromatic carbocycles. The van der Waals surface area contributed by atoms with Crippen LogP contribution in [0.15, 0.2) is 11.2 Å². The minimum absolute atomic E-state index is 0.534. The second-order valence-corrected chi connectivity index (χ2v) is 5.23. The molecule has 1 fully saturated rings. The first-order valence-electron chi connectivity index (χ1n) is 5.56. The van der Waals surface area contributed by atoms with Gasteiger partial charge in [-0.05, 0) is 32.4 Å². The van der Waals surface area contributed by atoms with Crippen LogP contribution in [0.1, 0.15) is 26.2 Å². The highest BCUT2D eigenvalue weighted by molar-refractivity contribution is 7.98. The Balaban J connectivity index is 2.27. The Hall–Kier alpha value is -0.480. The molecule has 3 nitrogen and oxygen atoms in total. The highest BCUT2D eigenvalue weighted by atomic mass is 35.5. The van der Waals surface area contributed by atoms with E-state index in [4.69, 9.17) is 11.6 Å². The summed E-state index contributed by atoms with van der Waals surface area (Å²) in [5.41, 5.74) is 0. The molecule has 16 heavy (non-hydrogen) atoms. The van der Waals surface area contributed by atoms with Crippen molar-refractivity contribution in [3.8, 4) is 0 Å². The van der Waals surface area contributed by atoms with Gasteiger partial charge in [-0.3, -0.25) is 0 Å². The van der Waals surface area contributed by atoms with E-state index in [2.05, 4.69) is 21.8 Å². The summed E-state index contributed by atoms with van der Waals surface area (Å²) in [5, 5.41) is 1.28. The van der Waals surface area contributed by atoms with Gasteiger partial charge < -0.3 is 4.90 Å². The molecule has 1 saturated heterocycles. The molecular formula is C11H16ClN3S. The third kappa shape index (κ3) is 2.61. The molecule has 0 amide bonds. The van der Waals surface area contributed by atoms with Crippen LogP contribution in [0.2, 0.25) is 5.15 Å². The standard InChI is InChI=1S/C11H16ClN3S/c1-8-5-3-4-6-15(8)10-7-9(12)13-11(14-10)16-2/h7-8H,3-6H2,1-2H3. The maximum atomic E-state index is 6.00. The van der Waals surface area contributed by atoms with Crippen molar-refractivity contribution in [2.75, 3.05) is 17.7 Å². The van der Waals surface area contributed by atoms with Crippen molar-refractivity contribution in [1.29, 1.82) is 0 Å². The second-order valence-electron chi connectivity index (χ2n) is 4.07. The van der Waals surface area contributed by atoms with Gasteiger partial charge in [0.2, 0.25) is 0 Å². The van der Waals surface area contributed by atoms with E-state index in [1.165, 1.54) is 31.0 Å². The molecule has 0 bridgehead atoms. The Morgan fingerprint density at radius 3 is 2.94 bits per heavy atom. The lowest BCUT2D eigenvalue weighted by atomic mass is 10.0. The van der Waals surface area contributed by atoms with E-state index >= 15 is 0 Å². The maximum absolute atomic E-state index is 6.00. The number of hydrogen-bond acceptors (Lipinski definition) is 4. The van der Waals surface area contributed by atoms with Crippen molar-refractivity contribution >= 4 is 29.2 Å². The first kappa shape index (κ1) is 12.0. The van der Waals surface area contributed by atoms with Crippen molar-refractivity contribution in [3.05, 3.63) is 11.2 Å². The van der Waals surface area contributed by atoms with Gasteiger partial charge in [0.1, 0.15) is 11.0 Å².